The first-order valence-corrected chi connectivity index (χ1v) is 9.28. The zero-order chi connectivity index (χ0) is 16.3. The van der Waals surface area contributed by atoms with E-state index in [1.54, 1.807) is 22.5 Å². The maximum Gasteiger partial charge on any atom is 0.243 e. The van der Waals surface area contributed by atoms with Gasteiger partial charge in [-0.3, -0.25) is 4.90 Å². The Balaban J connectivity index is 1.79. The summed E-state index contributed by atoms with van der Waals surface area (Å²) in [5, 5.41) is 0. The van der Waals surface area contributed by atoms with E-state index in [4.69, 9.17) is 9.47 Å². The minimum atomic E-state index is -3.51. The molecule has 0 bridgehead atoms. The summed E-state index contributed by atoms with van der Waals surface area (Å²) in [6, 6.07) is 4.83. The Hall–Kier alpha value is -1.57. The molecular formula is C16H22N2O4S. The lowest BCUT2D eigenvalue weighted by atomic mass is 10.3. The van der Waals surface area contributed by atoms with Gasteiger partial charge in [0.05, 0.1) is 4.90 Å². The summed E-state index contributed by atoms with van der Waals surface area (Å²) in [6.07, 6.45) is 2.67. The molecule has 2 aliphatic rings. The molecule has 0 aromatic heterocycles. The average Bonchev–Trinajstić information content (AvgIpc) is 2.81. The number of fused-ring (bicyclic) bond motifs is 1. The smallest absolute Gasteiger partial charge is 0.243 e. The Labute approximate surface area is 137 Å². The van der Waals surface area contributed by atoms with Crippen molar-refractivity contribution in [3.63, 3.8) is 0 Å². The highest BCUT2D eigenvalue weighted by molar-refractivity contribution is 7.89. The van der Waals surface area contributed by atoms with E-state index in [1.165, 1.54) is 0 Å². The van der Waals surface area contributed by atoms with E-state index < -0.39 is 10.0 Å². The third-order valence-corrected chi connectivity index (χ3v) is 5.98. The molecule has 23 heavy (non-hydrogen) atoms. The predicted molar refractivity (Wildman–Crippen MR) is 87.4 cm³/mol. The summed E-state index contributed by atoms with van der Waals surface area (Å²) >= 11 is 0. The Bertz CT molecular complexity index is 675. The lowest BCUT2D eigenvalue weighted by Crippen LogP contribution is -2.35. The molecule has 0 atom stereocenters. The molecule has 0 saturated carbocycles. The molecular weight excluding hydrogens is 316 g/mol. The molecule has 126 valence electrons. The van der Waals surface area contributed by atoms with E-state index in [0.717, 1.165) is 26.1 Å². The van der Waals surface area contributed by atoms with Gasteiger partial charge in [-0.2, -0.15) is 4.31 Å². The van der Waals surface area contributed by atoms with E-state index in [1.807, 2.05) is 6.08 Å². The van der Waals surface area contributed by atoms with E-state index in [-0.39, 0.29) is 4.90 Å². The summed E-state index contributed by atoms with van der Waals surface area (Å²) in [6.45, 7) is 8.09. The number of sulfonamides is 1. The maximum atomic E-state index is 12.9. The summed E-state index contributed by atoms with van der Waals surface area (Å²) in [5.41, 5.74) is 0. The second kappa shape index (κ2) is 6.90. The van der Waals surface area contributed by atoms with Gasteiger partial charge in [-0.15, -0.1) is 6.58 Å². The monoisotopic (exact) mass is 338 g/mol. The van der Waals surface area contributed by atoms with E-state index in [9.17, 15) is 8.42 Å². The topological polar surface area (TPSA) is 59.1 Å². The lowest BCUT2D eigenvalue weighted by molar-refractivity contribution is 0.171. The molecule has 0 unspecified atom stereocenters. The second-order valence-corrected chi connectivity index (χ2v) is 7.59. The van der Waals surface area contributed by atoms with Crippen molar-refractivity contribution in [2.75, 3.05) is 45.9 Å². The van der Waals surface area contributed by atoms with Crippen molar-refractivity contribution in [3.8, 4) is 11.5 Å². The molecule has 2 heterocycles. The summed E-state index contributed by atoms with van der Waals surface area (Å²) in [5.74, 6) is 1.10. The summed E-state index contributed by atoms with van der Waals surface area (Å²) in [7, 11) is -3.51. The Morgan fingerprint density at radius 2 is 1.87 bits per heavy atom. The van der Waals surface area contributed by atoms with Gasteiger partial charge in [-0.25, -0.2) is 8.42 Å². The van der Waals surface area contributed by atoms with Crippen LogP contribution in [0.5, 0.6) is 11.5 Å². The third-order valence-electron chi connectivity index (χ3n) is 4.09. The minimum Gasteiger partial charge on any atom is -0.486 e. The van der Waals surface area contributed by atoms with Crippen LogP contribution in [0, 0.1) is 0 Å². The standard InChI is InChI=1S/C16H22N2O4S/c1-2-6-17-7-3-8-18(10-9-17)23(19,20)14-4-5-15-16(13-14)22-12-11-21-15/h2,4-5,13H,1,3,6-12H2. The van der Waals surface area contributed by atoms with Gasteiger partial charge in [0.15, 0.2) is 11.5 Å². The fraction of sp³-hybridized carbons (Fsp3) is 0.500. The van der Waals surface area contributed by atoms with Crippen LogP contribution in [0.15, 0.2) is 35.7 Å². The molecule has 1 aromatic rings. The highest BCUT2D eigenvalue weighted by atomic mass is 32.2. The fourth-order valence-electron chi connectivity index (χ4n) is 2.89. The first kappa shape index (κ1) is 16.3. The van der Waals surface area contributed by atoms with Crippen LogP contribution in [0.2, 0.25) is 0 Å². The van der Waals surface area contributed by atoms with Gasteiger partial charge in [0.1, 0.15) is 13.2 Å². The second-order valence-electron chi connectivity index (χ2n) is 5.65. The molecule has 1 aromatic carbocycles. The number of benzene rings is 1. The van der Waals surface area contributed by atoms with Gasteiger partial charge in [-0.05, 0) is 25.1 Å². The van der Waals surface area contributed by atoms with Gasteiger partial charge in [0, 0.05) is 32.2 Å². The molecule has 0 N–H and O–H groups in total. The predicted octanol–water partition coefficient (Wildman–Crippen LogP) is 1.34. The van der Waals surface area contributed by atoms with Gasteiger partial charge in [0.25, 0.3) is 0 Å². The normalized spacial score (nSPS) is 20.0. The fourth-order valence-corrected chi connectivity index (χ4v) is 4.37. The summed E-state index contributed by atoms with van der Waals surface area (Å²) < 4.78 is 38.3. The summed E-state index contributed by atoms with van der Waals surface area (Å²) in [4.78, 5) is 2.48. The SMILES string of the molecule is C=CCN1CCCN(S(=O)(=O)c2ccc3c(c2)OCCO3)CC1. The average molecular weight is 338 g/mol. The molecule has 7 heteroatoms. The van der Waals surface area contributed by atoms with Crippen LogP contribution in [-0.2, 0) is 10.0 Å². The number of nitrogens with zero attached hydrogens (tertiary/aromatic N) is 2. The van der Waals surface area contributed by atoms with Gasteiger partial charge < -0.3 is 9.47 Å². The van der Waals surface area contributed by atoms with Crippen molar-refractivity contribution >= 4 is 10.0 Å². The maximum absolute atomic E-state index is 12.9. The molecule has 6 nitrogen and oxygen atoms in total. The molecule has 2 aliphatic heterocycles. The van der Waals surface area contributed by atoms with Crippen LogP contribution in [-0.4, -0.2) is 63.6 Å². The van der Waals surface area contributed by atoms with Gasteiger partial charge >= 0.3 is 0 Å². The van der Waals surface area contributed by atoms with Crippen LogP contribution in [0.25, 0.3) is 0 Å². The van der Waals surface area contributed by atoms with Gasteiger partial charge in [-0.1, -0.05) is 6.08 Å². The van der Waals surface area contributed by atoms with Crippen LogP contribution in [0.3, 0.4) is 0 Å². The minimum absolute atomic E-state index is 0.263. The Kier molecular flexibility index (Phi) is 4.89. The van der Waals surface area contributed by atoms with Crippen LogP contribution in [0.1, 0.15) is 6.42 Å². The van der Waals surface area contributed by atoms with Crippen LogP contribution >= 0.6 is 0 Å². The van der Waals surface area contributed by atoms with E-state index in [2.05, 4.69) is 11.5 Å². The van der Waals surface area contributed by atoms with Crippen molar-refractivity contribution in [2.24, 2.45) is 0 Å². The molecule has 0 aliphatic carbocycles. The zero-order valence-corrected chi connectivity index (χ0v) is 13.9. The molecule has 0 amide bonds. The number of hydrogen-bond acceptors (Lipinski definition) is 5. The van der Waals surface area contributed by atoms with E-state index in [0.29, 0.717) is 37.8 Å². The molecule has 3 rings (SSSR count). The highest BCUT2D eigenvalue weighted by Crippen LogP contribution is 2.33. The molecule has 0 spiro atoms. The first-order chi connectivity index (χ1) is 11.1. The largest absolute Gasteiger partial charge is 0.486 e. The van der Waals surface area contributed by atoms with Crippen molar-refractivity contribution < 1.29 is 17.9 Å². The Morgan fingerprint density at radius 1 is 1.09 bits per heavy atom. The van der Waals surface area contributed by atoms with Crippen molar-refractivity contribution in [3.05, 3.63) is 30.9 Å². The number of ether oxygens (including phenoxy) is 2. The quantitative estimate of drug-likeness (QED) is 0.776. The highest BCUT2D eigenvalue weighted by Gasteiger charge is 2.28. The van der Waals surface area contributed by atoms with Crippen LogP contribution < -0.4 is 9.47 Å². The van der Waals surface area contributed by atoms with Gasteiger partial charge in [0.2, 0.25) is 10.0 Å². The number of hydrogen-bond donors (Lipinski definition) is 0. The van der Waals surface area contributed by atoms with E-state index >= 15 is 0 Å². The molecule has 1 fully saturated rings. The molecule has 0 radical (unpaired) electrons. The third kappa shape index (κ3) is 3.52. The van der Waals surface area contributed by atoms with Crippen molar-refractivity contribution in [1.82, 2.24) is 9.21 Å². The first-order valence-electron chi connectivity index (χ1n) is 7.84. The lowest BCUT2D eigenvalue weighted by Gasteiger charge is -2.23. The zero-order valence-electron chi connectivity index (χ0n) is 13.1. The Morgan fingerprint density at radius 3 is 2.65 bits per heavy atom. The molecule has 1 saturated heterocycles. The van der Waals surface area contributed by atoms with Crippen molar-refractivity contribution in [1.29, 1.82) is 0 Å². The van der Waals surface area contributed by atoms with Crippen molar-refractivity contribution in [2.45, 2.75) is 11.3 Å². The van der Waals surface area contributed by atoms with Crippen LogP contribution in [0.4, 0.5) is 0 Å². The number of rotatable bonds is 4.